The Morgan fingerprint density at radius 1 is 1.17 bits per heavy atom. The van der Waals surface area contributed by atoms with Gasteiger partial charge in [-0.2, -0.15) is 0 Å². The van der Waals surface area contributed by atoms with Crippen LogP contribution in [0.25, 0.3) is 6.08 Å². The first-order valence-electron chi connectivity index (χ1n) is 13.4. The molecule has 3 fully saturated rings. The number of amides is 1. The summed E-state index contributed by atoms with van der Waals surface area (Å²) in [5.74, 6) is 1.34. The highest BCUT2D eigenvalue weighted by atomic mass is 16.5. The number of piperidine rings is 1. The van der Waals surface area contributed by atoms with Gasteiger partial charge in [-0.1, -0.05) is 36.4 Å². The van der Waals surface area contributed by atoms with Crippen LogP contribution < -0.4 is 4.74 Å². The van der Waals surface area contributed by atoms with Gasteiger partial charge in [0.15, 0.2) is 11.5 Å². The fourth-order valence-corrected chi connectivity index (χ4v) is 7.86. The molecule has 2 N–H and O–H groups in total. The van der Waals surface area contributed by atoms with Crippen LogP contribution in [-0.4, -0.2) is 69.8 Å². The highest BCUT2D eigenvalue weighted by Crippen LogP contribution is 2.66. The number of carbonyl (C=O) groups excluding carboxylic acids is 1. The van der Waals surface area contributed by atoms with Crippen LogP contribution in [0, 0.1) is 5.92 Å². The minimum Gasteiger partial charge on any atom is -0.504 e. The lowest BCUT2D eigenvalue weighted by molar-refractivity contribution is -0.200. The summed E-state index contributed by atoms with van der Waals surface area (Å²) in [4.78, 5) is 17.6. The van der Waals surface area contributed by atoms with Gasteiger partial charge < -0.3 is 19.8 Å². The summed E-state index contributed by atoms with van der Waals surface area (Å²) in [5.41, 5.74) is 1.62. The van der Waals surface area contributed by atoms with Crippen LogP contribution >= 0.6 is 0 Å². The fraction of sp³-hybridized carbons (Fsp3) is 0.500. The molecule has 0 radical (unpaired) electrons. The summed E-state index contributed by atoms with van der Waals surface area (Å²) in [6.45, 7) is 1.97. The van der Waals surface area contributed by atoms with E-state index in [0.717, 1.165) is 43.0 Å². The average Bonchev–Trinajstić information content (AvgIpc) is 3.63. The molecule has 1 spiro atoms. The lowest BCUT2D eigenvalue weighted by Gasteiger charge is -2.64. The van der Waals surface area contributed by atoms with E-state index < -0.39 is 11.0 Å². The first kappa shape index (κ1) is 22.4. The second-order valence-corrected chi connectivity index (χ2v) is 11.6. The number of benzene rings is 2. The van der Waals surface area contributed by atoms with E-state index in [-0.39, 0.29) is 29.8 Å². The summed E-state index contributed by atoms with van der Waals surface area (Å²) < 4.78 is 6.60. The van der Waals surface area contributed by atoms with Crippen LogP contribution in [0.4, 0.5) is 0 Å². The van der Waals surface area contributed by atoms with Crippen molar-refractivity contribution in [2.75, 3.05) is 20.1 Å². The van der Waals surface area contributed by atoms with Gasteiger partial charge in [0, 0.05) is 31.3 Å². The van der Waals surface area contributed by atoms with E-state index >= 15 is 0 Å². The molecule has 2 aromatic rings. The normalized spacial score (nSPS) is 34.3. The molecule has 3 aliphatic carbocycles. The van der Waals surface area contributed by atoms with Crippen LogP contribution in [0.3, 0.4) is 0 Å². The molecule has 1 unspecified atom stereocenters. The van der Waals surface area contributed by atoms with Crippen molar-refractivity contribution < 1.29 is 19.7 Å². The molecule has 5 aliphatic rings. The molecule has 1 saturated heterocycles. The number of phenols is 1. The van der Waals surface area contributed by atoms with Crippen molar-refractivity contribution in [2.45, 2.75) is 67.7 Å². The number of ether oxygens (including phenoxy) is 1. The minimum atomic E-state index is -0.933. The monoisotopic (exact) mass is 486 g/mol. The second-order valence-electron chi connectivity index (χ2n) is 11.6. The van der Waals surface area contributed by atoms with Crippen molar-refractivity contribution in [3.63, 3.8) is 0 Å². The van der Waals surface area contributed by atoms with Crippen molar-refractivity contribution in [1.29, 1.82) is 0 Å². The molecule has 5 atom stereocenters. The number of carbonyl (C=O) groups is 1. The van der Waals surface area contributed by atoms with Crippen LogP contribution in [0.5, 0.6) is 11.5 Å². The Morgan fingerprint density at radius 3 is 2.75 bits per heavy atom. The molecule has 2 saturated carbocycles. The zero-order valence-electron chi connectivity index (χ0n) is 20.8. The number of hydrogen-bond acceptors (Lipinski definition) is 5. The molecule has 1 amide bonds. The number of likely N-dealkylation sites (tertiary alicyclic amines) is 1. The molecular weight excluding hydrogens is 452 g/mol. The molecule has 0 aromatic heterocycles. The van der Waals surface area contributed by atoms with Gasteiger partial charge in [0.25, 0.3) is 0 Å². The average molecular weight is 487 g/mol. The zero-order chi connectivity index (χ0) is 24.7. The maximum atomic E-state index is 13.3. The van der Waals surface area contributed by atoms with Crippen LogP contribution in [-0.2, 0) is 16.6 Å². The Bertz CT molecular complexity index is 1240. The summed E-state index contributed by atoms with van der Waals surface area (Å²) in [6, 6.07) is 13.4. The Hall–Kier alpha value is -2.83. The molecule has 188 valence electrons. The molecule has 7 rings (SSSR count). The van der Waals surface area contributed by atoms with Crippen LogP contribution in [0.2, 0.25) is 0 Å². The quantitative estimate of drug-likeness (QED) is 0.633. The fourth-order valence-electron chi connectivity index (χ4n) is 7.86. The van der Waals surface area contributed by atoms with Gasteiger partial charge in [-0.3, -0.25) is 9.69 Å². The van der Waals surface area contributed by atoms with Gasteiger partial charge in [0.1, 0.15) is 6.10 Å². The third-order valence-electron chi connectivity index (χ3n) is 9.79. The standard InChI is InChI=1S/C30H34N2O4/c1-31(25(34)12-9-19-5-3-2-4-6-19)22-13-14-30(35)24-17-21-10-11-23(33)27-26(21)29(30,28(22)36-27)15-16-32(24)18-20-7-8-20/h2-6,9-12,20,22,24,28,33,35H,7-8,13-18H2,1H3/b12-9+/t22-,24-,28+,29?,30-/m1/s1. The molecule has 2 heterocycles. The van der Waals surface area contributed by atoms with Gasteiger partial charge in [0.05, 0.1) is 17.1 Å². The summed E-state index contributed by atoms with van der Waals surface area (Å²) in [7, 11) is 1.85. The SMILES string of the molecule is CN(C(=O)/C=C/c1ccccc1)[C@@H]1CC[C@@]2(O)[C@H]3Cc4ccc(O)c5c4C2(CCN3CC2CC2)[C@H]1O5. The summed E-state index contributed by atoms with van der Waals surface area (Å²) in [6.07, 6.45) is 8.51. The number of likely N-dealkylation sites (N-methyl/N-ethyl adjacent to an activating group) is 1. The number of aromatic hydroxyl groups is 1. The molecule has 2 aliphatic heterocycles. The molecule has 6 heteroatoms. The van der Waals surface area contributed by atoms with Crippen LogP contribution in [0.15, 0.2) is 48.5 Å². The molecular formula is C30H34N2O4. The van der Waals surface area contributed by atoms with Gasteiger partial charge in [-0.05, 0) is 74.3 Å². The number of aliphatic hydroxyl groups is 1. The maximum absolute atomic E-state index is 13.3. The van der Waals surface area contributed by atoms with Crippen molar-refractivity contribution in [2.24, 2.45) is 5.92 Å². The van der Waals surface area contributed by atoms with Gasteiger partial charge in [-0.25, -0.2) is 0 Å². The lowest BCUT2D eigenvalue weighted by Crippen LogP contribution is -2.78. The Balaban J connectivity index is 1.26. The number of nitrogens with zero attached hydrogens (tertiary/aromatic N) is 2. The second kappa shape index (κ2) is 7.83. The predicted octanol–water partition coefficient (Wildman–Crippen LogP) is 3.50. The van der Waals surface area contributed by atoms with Crippen molar-refractivity contribution >= 4 is 12.0 Å². The topological polar surface area (TPSA) is 73.2 Å². The largest absolute Gasteiger partial charge is 0.504 e. The highest BCUT2D eigenvalue weighted by molar-refractivity contribution is 5.92. The Labute approximate surface area is 212 Å². The smallest absolute Gasteiger partial charge is 0.246 e. The predicted molar refractivity (Wildman–Crippen MR) is 137 cm³/mol. The summed E-state index contributed by atoms with van der Waals surface area (Å²) >= 11 is 0. The first-order chi connectivity index (χ1) is 17.4. The Morgan fingerprint density at radius 2 is 1.97 bits per heavy atom. The Kier molecular flexibility index (Phi) is 4.87. The maximum Gasteiger partial charge on any atom is 0.246 e. The van der Waals surface area contributed by atoms with E-state index in [1.807, 2.05) is 49.5 Å². The number of phenolic OH excluding ortho intramolecular Hbond substituents is 1. The van der Waals surface area contributed by atoms with Crippen LogP contribution in [0.1, 0.15) is 48.8 Å². The van der Waals surface area contributed by atoms with Gasteiger partial charge >= 0.3 is 0 Å². The third-order valence-corrected chi connectivity index (χ3v) is 9.79. The van der Waals surface area contributed by atoms with Gasteiger partial charge in [-0.15, -0.1) is 0 Å². The van der Waals surface area contributed by atoms with E-state index in [1.54, 1.807) is 17.0 Å². The molecule has 36 heavy (non-hydrogen) atoms. The minimum absolute atomic E-state index is 0.0425. The lowest BCUT2D eigenvalue weighted by atomic mass is 9.48. The number of hydrogen-bond donors (Lipinski definition) is 2. The van der Waals surface area contributed by atoms with E-state index in [1.165, 1.54) is 18.4 Å². The van der Waals surface area contributed by atoms with Crippen molar-refractivity contribution in [3.8, 4) is 11.5 Å². The zero-order valence-corrected chi connectivity index (χ0v) is 20.8. The first-order valence-corrected chi connectivity index (χ1v) is 13.4. The van der Waals surface area contributed by atoms with E-state index in [2.05, 4.69) is 4.90 Å². The summed E-state index contributed by atoms with van der Waals surface area (Å²) in [5, 5.41) is 23.4. The highest BCUT2D eigenvalue weighted by Gasteiger charge is 2.73. The number of rotatable bonds is 5. The van der Waals surface area contributed by atoms with Crippen molar-refractivity contribution in [3.05, 3.63) is 65.2 Å². The van der Waals surface area contributed by atoms with E-state index in [9.17, 15) is 15.0 Å². The van der Waals surface area contributed by atoms with Crippen molar-refractivity contribution in [1.82, 2.24) is 9.80 Å². The van der Waals surface area contributed by atoms with E-state index in [4.69, 9.17) is 4.74 Å². The molecule has 6 nitrogen and oxygen atoms in total. The van der Waals surface area contributed by atoms with Gasteiger partial charge in [0.2, 0.25) is 5.91 Å². The van der Waals surface area contributed by atoms with E-state index in [0.29, 0.717) is 18.6 Å². The molecule has 2 bridgehead atoms. The molecule has 2 aromatic carbocycles. The third kappa shape index (κ3) is 3.00.